The number of rotatable bonds is 16. The van der Waals surface area contributed by atoms with E-state index in [4.69, 9.17) is 4.74 Å². The number of halogens is 1. The molecule has 1 aliphatic rings. The number of amides is 1. The SMILES string of the molecule is O=C(Nc1ccc(Br)cc1-c1ccccc1)OC1CCN(CCCCCCCCCNCCc2cccc3[nH]c(=O)sc23)CC1. The van der Waals surface area contributed by atoms with E-state index in [9.17, 15) is 9.59 Å². The number of anilines is 1. The normalized spacial score (nSPS) is 14.2. The summed E-state index contributed by atoms with van der Waals surface area (Å²) in [6, 6.07) is 22.0. The van der Waals surface area contributed by atoms with Gasteiger partial charge in [-0.25, -0.2) is 4.79 Å². The maximum atomic E-state index is 12.7. The van der Waals surface area contributed by atoms with Crippen molar-refractivity contribution in [3.63, 3.8) is 0 Å². The smallest absolute Gasteiger partial charge is 0.411 e. The zero-order chi connectivity index (χ0) is 31.3. The Morgan fingerprint density at radius 2 is 1.67 bits per heavy atom. The Hall–Kier alpha value is -2.98. The van der Waals surface area contributed by atoms with Crippen LogP contribution in [-0.2, 0) is 11.2 Å². The third kappa shape index (κ3) is 10.5. The van der Waals surface area contributed by atoms with Gasteiger partial charge in [-0.05, 0) is 87.1 Å². The van der Waals surface area contributed by atoms with Gasteiger partial charge < -0.3 is 19.9 Å². The van der Waals surface area contributed by atoms with Gasteiger partial charge in [-0.3, -0.25) is 10.1 Å². The van der Waals surface area contributed by atoms with Gasteiger partial charge in [-0.1, -0.05) is 102 Å². The van der Waals surface area contributed by atoms with Gasteiger partial charge in [0.1, 0.15) is 6.10 Å². The van der Waals surface area contributed by atoms with Crippen LogP contribution in [0.2, 0.25) is 0 Å². The second kappa shape index (κ2) is 17.6. The van der Waals surface area contributed by atoms with Crippen molar-refractivity contribution in [2.45, 2.75) is 70.3 Å². The monoisotopic (exact) mass is 692 g/mol. The summed E-state index contributed by atoms with van der Waals surface area (Å²) in [5, 5.41) is 6.54. The third-order valence-electron chi connectivity index (χ3n) is 8.54. The molecule has 4 aromatic rings. The number of unbranched alkanes of at least 4 members (excludes halogenated alkanes) is 6. The molecule has 0 bridgehead atoms. The fraction of sp³-hybridized carbons (Fsp3) is 0.444. The highest BCUT2D eigenvalue weighted by Crippen LogP contribution is 2.31. The average Bonchev–Trinajstić information content (AvgIpc) is 3.44. The lowest BCUT2D eigenvalue weighted by atomic mass is 10.0. The Morgan fingerprint density at radius 3 is 2.47 bits per heavy atom. The van der Waals surface area contributed by atoms with Gasteiger partial charge in [0.25, 0.3) is 0 Å². The van der Waals surface area contributed by atoms with Crippen LogP contribution < -0.4 is 15.5 Å². The van der Waals surface area contributed by atoms with Crippen molar-refractivity contribution in [2.75, 3.05) is 38.0 Å². The van der Waals surface area contributed by atoms with E-state index >= 15 is 0 Å². The number of benzene rings is 3. The number of likely N-dealkylation sites (tertiary alicyclic amines) is 1. The summed E-state index contributed by atoms with van der Waals surface area (Å²) in [5.41, 5.74) is 4.96. The molecular formula is C36H45BrN4O3S. The molecule has 0 atom stereocenters. The number of hydrogen-bond acceptors (Lipinski definition) is 6. The van der Waals surface area contributed by atoms with E-state index in [1.54, 1.807) is 0 Å². The molecule has 9 heteroatoms. The molecule has 0 unspecified atom stereocenters. The Kier molecular flexibility index (Phi) is 13.1. The molecule has 2 heterocycles. The average molecular weight is 694 g/mol. The second-order valence-electron chi connectivity index (χ2n) is 11.9. The Balaban J connectivity index is 0.867. The first-order chi connectivity index (χ1) is 22.0. The molecule has 0 saturated carbocycles. The van der Waals surface area contributed by atoms with Gasteiger partial charge in [-0.2, -0.15) is 0 Å². The van der Waals surface area contributed by atoms with Gasteiger partial charge >= 0.3 is 11.0 Å². The lowest BCUT2D eigenvalue weighted by Gasteiger charge is -2.31. The number of nitrogens with one attached hydrogen (secondary N) is 3. The fourth-order valence-corrected chi connectivity index (χ4v) is 7.31. The zero-order valence-electron chi connectivity index (χ0n) is 26.0. The molecule has 0 spiro atoms. The van der Waals surface area contributed by atoms with Crippen LogP contribution in [0.25, 0.3) is 21.3 Å². The number of aromatic amines is 1. The van der Waals surface area contributed by atoms with E-state index in [0.717, 1.165) is 83.5 Å². The summed E-state index contributed by atoms with van der Waals surface area (Å²) >= 11 is 4.86. The maximum absolute atomic E-state index is 12.7. The molecule has 1 aromatic heterocycles. The fourth-order valence-electron chi connectivity index (χ4n) is 6.07. The van der Waals surface area contributed by atoms with Crippen LogP contribution in [-0.4, -0.2) is 54.8 Å². The van der Waals surface area contributed by atoms with Crippen molar-refractivity contribution in [3.8, 4) is 11.1 Å². The number of carbonyl (C=O) groups is 1. The van der Waals surface area contributed by atoms with Crippen LogP contribution in [0.4, 0.5) is 10.5 Å². The van der Waals surface area contributed by atoms with E-state index in [2.05, 4.69) is 42.5 Å². The molecular weight excluding hydrogens is 648 g/mol. The Bertz CT molecular complexity index is 1550. The van der Waals surface area contributed by atoms with Crippen LogP contribution in [0, 0.1) is 0 Å². The quantitative estimate of drug-likeness (QED) is 0.102. The second-order valence-corrected chi connectivity index (χ2v) is 13.8. The minimum atomic E-state index is -0.380. The van der Waals surface area contributed by atoms with Crippen LogP contribution >= 0.6 is 27.3 Å². The number of piperidine rings is 1. The number of ether oxygens (including phenoxy) is 1. The van der Waals surface area contributed by atoms with Gasteiger partial charge in [-0.15, -0.1) is 0 Å². The minimum Gasteiger partial charge on any atom is -0.446 e. The number of thiazole rings is 1. The lowest BCUT2D eigenvalue weighted by molar-refractivity contribution is 0.0585. The van der Waals surface area contributed by atoms with Crippen molar-refractivity contribution in [1.82, 2.24) is 15.2 Å². The van der Waals surface area contributed by atoms with Crippen molar-refractivity contribution < 1.29 is 9.53 Å². The predicted molar refractivity (Wildman–Crippen MR) is 190 cm³/mol. The number of hydrogen-bond donors (Lipinski definition) is 3. The molecule has 1 amide bonds. The molecule has 0 radical (unpaired) electrons. The molecule has 3 N–H and O–H groups in total. The maximum Gasteiger partial charge on any atom is 0.411 e. The van der Waals surface area contributed by atoms with Crippen molar-refractivity contribution in [2.24, 2.45) is 0 Å². The summed E-state index contributed by atoms with van der Waals surface area (Å²) in [6.07, 6.45) is 11.2. The standard InChI is InChI=1S/C36H45BrN4O3S/c37-29-16-17-32(31(26-29)27-12-7-6-8-13-27)39-35(42)44-30-19-24-41(25-20-30)23-10-5-3-1-2-4-9-21-38-22-18-28-14-11-15-33-34(28)45-36(43)40-33/h6-8,11-17,26,30,38H,1-5,9-10,18-25H2,(H,39,42)(H,40,43). The van der Waals surface area contributed by atoms with E-state index in [-0.39, 0.29) is 17.1 Å². The highest BCUT2D eigenvalue weighted by Gasteiger charge is 2.22. The van der Waals surface area contributed by atoms with Gasteiger partial charge in [0, 0.05) is 23.1 Å². The molecule has 1 saturated heterocycles. The molecule has 45 heavy (non-hydrogen) atoms. The third-order valence-corrected chi connectivity index (χ3v) is 10.0. The highest BCUT2D eigenvalue weighted by molar-refractivity contribution is 9.10. The van der Waals surface area contributed by atoms with E-state index in [1.165, 1.54) is 61.8 Å². The molecule has 240 valence electrons. The summed E-state index contributed by atoms with van der Waals surface area (Å²) < 4.78 is 7.87. The zero-order valence-corrected chi connectivity index (χ0v) is 28.4. The van der Waals surface area contributed by atoms with E-state index < -0.39 is 0 Å². The number of carbonyl (C=O) groups excluding carboxylic acids is 1. The molecule has 1 aliphatic heterocycles. The first kappa shape index (κ1) is 33.4. The van der Waals surface area contributed by atoms with Crippen molar-refractivity contribution in [1.29, 1.82) is 0 Å². The molecule has 5 rings (SSSR count). The number of fused-ring (bicyclic) bond motifs is 1. The lowest BCUT2D eigenvalue weighted by Crippen LogP contribution is -2.38. The molecule has 3 aromatic carbocycles. The highest BCUT2D eigenvalue weighted by atomic mass is 79.9. The summed E-state index contributed by atoms with van der Waals surface area (Å²) in [4.78, 5) is 29.8. The topological polar surface area (TPSA) is 86.5 Å². The van der Waals surface area contributed by atoms with Gasteiger partial charge in [0.15, 0.2) is 0 Å². The van der Waals surface area contributed by atoms with Gasteiger partial charge in [0.05, 0.1) is 15.9 Å². The molecule has 1 fully saturated rings. The molecule has 7 nitrogen and oxygen atoms in total. The predicted octanol–water partition coefficient (Wildman–Crippen LogP) is 8.60. The first-order valence-corrected chi connectivity index (χ1v) is 18.0. The molecule has 0 aliphatic carbocycles. The van der Waals surface area contributed by atoms with Crippen molar-refractivity contribution >= 4 is 49.3 Å². The van der Waals surface area contributed by atoms with E-state index in [0.29, 0.717) is 0 Å². The van der Waals surface area contributed by atoms with Crippen LogP contribution in [0.5, 0.6) is 0 Å². The number of H-pyrrole nitrogens is 1. The summed E-state index contributed by atoms with van der Waals surface area (Å²) in [7, 11) is 0. The number of nitrogens with zero attached hydrogens (tertiary/aromatic N) is 1. The van der Waals surface area contributed by atoms with Gasteiger partial charge in [0.2, 0.25) is 0 Å². The Morgan fingerprint density at radius 1 is 0.911 bits per heavy atom. The largest absolute Gasteiger partial charge is 0.446 e. The van der Waals surface area contributed by atoms with Crippen LogP contribution in [0.1, 0.15) is 63.4 Å². The Labute approximate surface area is 278 Å². The summed E-state index contributed by atoms with van der Waals surface area (Å²) in [6.45, 7) is 5.11. The van der Waals surface area contributed by atoms with E-state index in [1.807, 2.05) is 60.7 Å². The summed E-state index contributed by atoms with van der Waals surface area (Å²) in [5.74, 6) is 0. The van der Waals surface area contributed by atoms with Crippen molar-refractivity contribution in [3.05, 3.63) is 86.4 Å². The minimum absolute atomic E-state index is 0.0230. The first-order valence-electron chi connectivity index (χ1n) is 16.4. The van der Waals surface area contributed by atoms with Crippen LogP contribution in [0.15, 0.2) is 76.0 Å². The van der Waals surface area contributed by atoms with Crippen LogP contribution in [0.3, 0.4) is 0 Å². The number of aromatic nitrogens is 1.